The Hall–Kier alpha value is -0.690. The molecule has 1 rings (SSSR count). The maximum absolute atomic E-state index is 13.4. The first-order valence-electron chi connectivity index (χ1n) is 4.53. The van der Waals surface area contributed by atoms with Gasteiger partial charge in [0.15, 0.2) is 5.82 Å². The summed E-state index contributed by atoms with van der Waals surface area (Å²) in [4.78, 5) is -0.488. The first-order chi connectivity index (χ1) is 7.49. The third-order valence-electron chi connectivity index (χ3n) is 1.83. The second-order valence-corrected chi connectivity index (χ2v) is 5.17. The molecule has 0 radical (unpaired) electrons. The van der Waals surface area contributed by atoms with Crippen molar-refractivity contribution in [2.45, 2.75) is 11.3 Å². The number of rotatable bonds is 5. The third-order valence-corrected chi connectivity index (χ3v) is 3.60. The molecule has 0 aliphatic carbocycles. The Kier molecular flexibility index (Phi) is 4.67. The van der Waals surface area contributed by atoms with Crippen LogP contribution in [0, 0.1) is 5.82 Å². The van der Waals surface area contributed by atoms with Gasteiger partial charge in [-0.25, -0.2) is 17.5 Å². The van der Waals surface area contributed by atoms with Crippen molar-refractivity contribution < 1.29 is 17.9 Å². The number of hydrogen-bond donors (Lipinski definition) is 2. The molecule has 0 bridgehead atoms. The monoisotopic (exact) mass is 267 g/mol. The molecule has 16 heavy (non-hydrogen) atoms. The fourth-order valence-corrected chi connectivity index (χ4v) is 2.46. The Morgan fingerprint density at radius 2 is 2.12 bits per heavy atom. The van der Waals surface area contributed by atoms with Crippen LogP contribution in [0.3, 0.4) is 0 Å². The number of aliphatic hydroxyl groups is 1. The Bertz CT molecular complexity index is 464. The second-order valence-electron chi connectivity index (χ2n) is 3.03. The van der Waals surface area contributed by atoms with Crippen LogP contribution < -0.4 is 4.72 Å². The average Bonchev–Trinajstić information content (AvgIpc) is 2.22. The van der Waals surface area contributed by atoms with Crippen LogP contribution in [0.2, 0.25) is 5.02 Å². The molecule has 2 N–H and O–H groups in total. The van der Waals surface area contributed by atoms with Crippen LogP contribution in [0.1, 0.15) is 6.42 Å². The molecule has 7 heteroatoms. The van der Waals surface area contributed by atoms with Crippen molar-refractivity contribution in [2.24, 2.45) is 0 Å². The highest BCUT2D eigenvalue weighted by Gasteiger charge is 2.19. The summed E-state index contributed by atoms with van der Waals surface area (Å²) in [6, 6.07) is 3.75. The van der Waals surface area contributed by atoms with Crippen LogP contribution in [0.15, 0.2) is 23.1 Å². The fraction of sp³-hybridized carbons (Fsp3) is 0.333. The average molecular weight is 268 g/mol. The van der Waals surface area contributed by atoms with Gasteiger partial charge >= 0.3 is 0 Å². The van der Waals surface area contributed by atoms with Crippen LogP contribution in [0.4, 0.5) is 4.39 Å². The van der Waals surface area contributed by atoms with E-state index in [-0.39, 0.29) is 24.6 Å². The smallest absolute Gasteiger partial charge is 0.243 e. The predicted octanol–water partition coefficient (Wildman–Crippen LogP) is 1.14. The molecule has 0 saturated carbocycles. The summed E-state index contributed by atoms with van der Waals surface area (Å²) < 4.78 is 38.7. The lowest BCUT2D eigenvalue weighted by molar-refractivity contribution is 0.289. The van der Waals surface area contributed by atoms with E-state index in [0.717, 1.165) is 6.07 Å². The molecule has 0 aliphatic heterocycles. The lowest BCUT2D eigenvalue weighted by Gasteiger charge is -2.07. The Morgan fingerprint density at radius 1 is 1.44 bits per heavy atom. The standard InChI is InChI=1S/C9H11ClFNO3S/c10-7-3-1-4-8(9(7)11)16(14,15)12-5-2-6-13/h1,3-4,12-13H,2,5-6H2. The lowest BCUT2D eigenvalue weighted by Crippen LogP contribution is -2.26. The topological polar surface area (TPSA) is 66.4 Å². The minimum Gasteiger partial charge on any atom is -0.396 e. The molecular weight excluding hydrogens is 257 g/mol. The maximum Gasteiger partial charge on any atom is 0.243 e. The summed E-state index contributed by atoms with van der Waals surface area (Å²) >= 11 is 5.47. The Balaban J connectivity index is 2.94. The van der Waals surface area contributed by atoms with Crippen molar-refractivity contribution in [3.63, 3.8) is 0 Å². The zero-order valence-electron chi connectivity index (χ0n) is 8.28. The van der Waals surface area contributed by atoms with E-state index in [0.29, 0.717) is 0 Å². The van der Waals surface area contributed by atoms with Crippen LogP contribution in [-0.2, 0) is 10.0 Å². The summed E-state index contributed by atoms with van der Waals surface area (Å²) in [5.74, 6) is -0.972. The van der Waals surface area contributed by atoms with Gasteiger partial charge in [0, 0.05) is 13.2 Å². The molecule has 0 fully saturated rings. The summed E-state index contributed by atoms with van der Waals surface area (Å²) in [7, 11) is -3.91. The van der Waals surface area contributed by atoms with Crippen molar-refractivity contribution in [3.05, 3.63) is 29.0 Å². The largest absolute Gasteiger partial charge is 0.396 e. The molecule has 0 saturated heterocycles. The van der Waals surface area contributed by atoms with Gasteiger partial charge in [-0.1, -0.05) is 17.7 Å². The van der Waals surface area contributed by atoms with Gasteiger partial charge in [-0.05, 0) is 18.6 Å². The van der Waals surface area contributed by atoms with Crippen molar-refractivity contribution in [1.29, 1.82) is 0 Å². The van der Waals surface area contributed by atoms with E-state index < -0.39 is 20.7 Å². The molecule has 0 atom stereocenters. The van der Waals surface area contributed by atoms with E-state index in [9.17, 15) is 12.8 Å². The molecule has 0 heterocycles. The number of benzene rings is 1. The van der Waals surface area contributed by atoms with Crippen molar-refractivity contribution in [3.8, 4) is 0 Å². The number of halogens is 2. The number of aliphatic hydroxyl groups excluding tert-OH is 1. The zero-order valence-corrected chi connectivity index (χ0v) is 9.85. The van der Waals surface area contributed by atoms with E-state index in [1.165, 1.54) is 12.1 Å². The molecule has 4 nitrogen and oxygen atoms in total. The van der Waals surface area contributed by atoms with Gasteiger partial charge in [0.2, 0.25) is 10.0 Å². The fourth-order valence-electron chi connectivity index (χ4n) is 1.05. The van der Waals surface area contributed by atoms with Crippen molar-refractivity contribution >= 4 is 21.6 Å². The zero-order chi connectivity index (χ0) is 12.2. The molecule has 0 amide bonds. The minimum atomic E-state index is -3.91. The van der Waals surface area contributed by atoms with Crippen LogP contribution in [-0.4, -0.2) is 26.7 Å². The Labute approximate surface area is 98.1 Å². The van der Waals surface area contributed by atoms with Crippen molar-refractivity contribution in [2.75, 3.05) is 13.2 Å². The number of sulfonamides is 1. The highest BCUT2D eigenvalue weighted by atomic mass is 35.5. The number of nitrogens with one attached hydrogen (secondary N) is 1. The molecule has 1 aromatic rings. The van der Waals surface area contributed by atoms with Crippen LogP contribution in [0.5, 0.6) is 0 Å². The van der Waals surface area contributed by atoms with Gasteiger partial charge in [-0.15, -0.1) is 0 Å². The summed E-state index contributed by atoms with van der Waals surface area (Å²) in [6.45, 7) is -0.0919. The molecule has 1 aromatic carbocycles. The molecule has 0 aliphatic rings. The Morgan fingerprint density at radius 3 is 2.75 bits per heavy atom. The number of hydrogen-bond acceptors (Lipinski definition) is 3. The molecule has 0 unspecified atom stereocenters. The van der Waals surface area contributed by atoms with Gasteiger partial charge in [0.05, 0.1) is 5.02 Å². The van der Waals surface area contributed by atoms with Crippen LogP contribution >= 0.6 is 11.6 Å². The normalized spacial score (nSPS) is 11.7. The summed E-state index contributed by atoms with van der Waals surface area (Å²) in [6.07, 6.45) is 0.265. The van der Waals surface area contributed by atoms with E-state index >= 15 is 0 Å². The molecular formula is C9H11ClFNO3S. The van der Waals surface area contributed by atoms with Gasteiger partial charge in [0.25, 0.3) is 0 Å². The highest BCUT2D eigenvalue weighted by Crippen LogP contribution is 2.21. The summed E-state index contributed by atoms with van der Waals surface area (Å²) in [5, 5.41) is 8.26. The van der Waals surface area contributed by atoms with E-state index in [1.54, 1.807) is 0 Å². The van der Waals surface area contributed by atoms with Gasteiger partial charge in [-0.3, -0.25) is 0 Å². The highest BCUT2D eigenvalue weighted by molar-refractivity contribution is 7.89. The molecule has 0 aromatic heterocycles. The minimum absolute atomic E-state index is 0.0464. The van der Waals surface area contributed by atoms with Gasteiger partial charge < -0.3 is 5.11 Å². The first-order valence-corrected chi connectivity index (χ1v) is 6.39. The maximum atomic E-state index is 13.4. The van der Waals surface area contributed by atoms with E-state index in [1.807, 2.05) is 0 Å². The van der Waals surface area contributed by atoms with Gasteiger partial charge in [-0.2, -0.15) is 0 Å². The SMILES string of the molecule is O=S(=O)(NCCCO)c1cccc(Cl)c1F. The molecule has 0 spiro atoms. The van der Waals surface area contributed by atoms with Gasteiger partial charge in [0.1, 0.15) is 4.90 Å². The van der Waals surface area contributed by atoms with E-state index in [4.69, 9.17) is 16.7 Å². The van der Waals surface area contributed by atoms with E-state index in [2.05, 4.69) is 4.72 Å². The lowest BCUT2D eigenvalue weighted by atomic mass is 10.3. The molecule has 90 valence electrons. The second kappa shape index (κ2) is 5.58. The van der Waals surface area contributed by atoms with Crippen LogP contribution in [0.25, 0.3) is 0 Å². The summed E-state index contributed by atoms with van der Waals surface area (Å²) in [5.41, 5.74) is 0. The third kappa shape index (κ3) is 3.15. The first kappa shape index (κ1) is 13.4. The predicted molar refractivity (Wildman–Crippen MR) is 58.3 cm³/mol. The quantitative estimate of drug-likeness (QED) is 0.786. The van der Waals surface area contributed by atoms with Crippen molar-refractivity contribution in [1.82, 2.24) is 4.72 Å².